The largest absolute Gasteiger partial charge is 0.454 e. The van der Waals surface area contributed by atoms with Gasteiger partial charge in [0.1, 0.15) is 5.82 Å². The lowest BCUT2D eigenvalue weighted by molar-refractivity contribution is -0.134. The molecule has 2 aliphatic heterocycles. The van der Waals surface area contributed by atoms with Crippen molar-refractivity contribution in [3.05, 3.63) is 53.8 Å². The Labute approximate surface area is 180 Å². The number of fused-ring (bicyclic) bond motifs is 1. The van der Waals surface area contributed by atoms with E-state index >= 15 is 0 Å². The molecule has 2 aromatic carbocycles. The fourth-order valence-electron chi connectivity index (χ4n) is 3.66. The second kappa shape index (κ2) is 8.81. The van der Waals surface area contributed by atoms with Crippen molar-refractivity contribution in [2.75, 3.05) is 33.0 Å². The van der Waals surface area contributed by atoms with E-state index in [-0.39, 0.29) is 17.6 Å². The molecule has 2 aliphatic rings. The Kier molecular flexibility index (Phi) is 6.12. The van der Waals surface area contributed by atoms with Crippen molar-refractivity contribution >= 4 is 15.9 Å². The van der Waals surface area contributed by atoms with Gasteiger partial charge in [0.25, 0.3) is 0 Å². The highest BCUT2D eigenvalue weighted by Crippen LogP contribution is 2.32. The number of sulfonamides is 1. The highest BCUT2D eigenvalue weighted by molar-refractivity contribution is 7.89. The molecule has 0 unspecified atom stereocenters. The van der Waals surface area contributed by atoms with Gasteiger partial charge in [-0.2, -0.15) is 4.72 Å². The van der Waals surface area contributed by atoms with E-state index in [0.717, 1.165) is 35.7 Å². The van der Waals surface area contributed by atoms with Crippen LogP contribution in [0.1, 0.15) is 12.5 Å². The summed E-state index contributed by atoms with van der Waals surface area (Å²) in [6.07, 6.45) is 0. The molecule has 31 heavy (non-hydrogen) atoms. The predicted molar refractivity (Wildman–Crippen MR) is 111 cm³/mol. The zero-order chi connectivity index (χ0) is 22.0. The highest BCUT2D eigenvalue weighted by Gasteiger charge is 2.28. The topological polar surface area (TPSA) is 88.2 Å². The van der Waals surface area contributed by atoms with Crippen LogP contribution >= 0.6 is 0 Å². The van der Waals surface area contributed by atoms with Gasteiger partial charge in [-0.15, -0.1) is 0 Å². The van der Waals surface area contributed by atoms with Gasteiger partial charge in [-0.25, -0.2) is 12.8 Å². The van der Waals surface area contributed by atoms with Gasteiger partial charge in [0, 0.05) is 32.7 Å². The van der Waals surface area contributed by atoms with Crippen LogP contribution in [0, 0.1) is 5.82 Å². The van der Waals surface area contributed by atoms with E-state index in [1.807, 2.05) is 18.2 Å². The van der Waals surface area contributed by atoms with Crippen molar-refractivity contribution in [2.45, 2.75) is 24.4 Å². The first-order valence-corrected chi connectivity index (χ1v) is 11.5. The minimum absolute atomic E-state index is 0.0814. The summed E-state index contributed by atoms with van der Waals surface area (Å²) in [5, 5.41) is 0. The molecule has 2 aromatic rings. The minimum atomic E-state index is -3.91. The van der Waals surface area contributed by atoms with Crippen LogP contribution in [0.3, 0.4) is 0 Å². The van der Waals surface area contributed by atoms with Crippen LogP contribution in [-0.2, 0) is 21.4 Å². The summed E-state index contributed by atoms with van der Waals surface area (Å²) in [6.45, 7) is 4.85. The Morgan fingerprint density at radius 2 is 1.74 bits per heavy atom. The molecule has 0 spiro atoms. The lowest BCUT2D eigenvalue weighted by Gasteiger charge is -2.36. The van der Waals surface area contributed by atoms with E-state index in [4.69, 9.17) is 9.47 Å². The number of nitrogens with zero attached hydrogens (tertiary/aromatic N) is 2. The third kappa shape index (κ3) is 4.97. The van der Waals surface area contributed by atoms with Gasteiger partial charge in [0.05, 0.1) is 10.9 Å². The van der Waals surface area contributed by atoms with Crippen molar-refractivity contribution in [3.63, 3.8) is 0 Å². The molecule has 2 heterocycles. The summed E-state index contributed by atoms with van der Waals surface area (Å²) in [5.74, 6) is 0.680. The molecular formula is C21H24FN3O5S. The van der Waals surface area contributed by atoms with Gasteiger partial charge in [0.15, 0.2) is 11.5 Å². The first-order chi connectivity index (χ1) is 14.8. The number of nitrogens with one attached hydrogen (secondary N) is 1. The number of ether oxygens (including phenoxy) is 2. The van der Waals surface area contributed by atoms with Gasteiger partial charge in [-0.05, 0) is 48.9 Å². The van der Waals surface area contributed by atoms with Crippen LogP contribution in [0.2, 0.25) is 0 Å². The van der Waals surface area contributed by atoms with E-state index in [9.17, 15) is 17.6 Å². The first-order valence-electron chi connectivity index (χ1n) is 9.99. The summed E-state index contributed by atoms with van der Waals surface area (Å²) < 4.78 is 51.1. The Morgan fingerprint density at radius 3 is 2.45 bits per heavy atom. The summed E-state index contributed by atoms with van der Waals surface area (Å²) in [6, 6.07) is 9.42. The Morgan fingerprint density at radius 1 is 1.06 bits per heavy atom. The number of hydrogen-bond donors (Lipinski definition) is 1. The highest BCUT2D eigenvalue weighted by atomic mass is 32.2. The molecule has 1 fully saturated rings. The molecule has 0 aliphatic carbocycles. The molecular weight excluding hydrogens is 425 g/mol. The maximum Gasteiger partial charge on any atom is 0.241 e. The van der Waals surface area contributed by atoms with Crippen molar-refractivity contribution < 1.29 is 27.1 Å². The molecule has 166 valence electrons. The number of carbonyl (C=O) groups excluding carboxylic acids is 1. The van der Waals surface area contributed by atoms with E-state index in [1.54, 1.807) is 4.90 Å². The smallest absolute Gasteiger partial charge is 0.241 e. The van der Waals surface area contributed by atoms with E-state index in [2.05, 4.69) is 9.62 Å². The van der Waals surface area contributed by atoms with Gasteiger partial charge in [-0.1, -0.05) is 6.07 Å². The van der Waals surface area contributed by atoms with Crippen LogP contribution < -0.4 is 14.2 Å². The van der Waals surface area contributed by atoms with Crippen LogP contribution in [-0.4, -0.2) is 63.1 Å². The Balaban J connectivity index is 1.30. The third-order valence-corrected chi connectivity index (χ3v) is 6.91. The number of carbonyl (C=O) groups is 1. The second-order valence-electron chi connectivity index (χ2n) is 7.59. The fraction of sp³-hybridized carbons (Fsp3) is 0.381. The lowest BCUT2D eigenvalue weighted by atomic mass is 10.1. The van der Waals surface area contributed by atoms with Crippen LogP contribution in [0.4, 0.5) is 4.39 Å². The van der Waals surface area contributed by atoms with Crippen molar-refractivity contribution in [1.82, 2.24) is 14.5 Å². The van der Waals surface area contributed by atoms with Crippen molar-refractivity contribution in [1.29, 1.82) is 0 Å². The number of piperazine rings is 1. The van der Waals surface area contributed by atoms with E-state index in [1.165, 1.54) is 19.1 Å². The van der Waals surface area contributed by atoms with Gasteiger partial charge in [0.2, 0.25) is 22.7 Å². The molecule has 1 N–H and O–H groups in total. The SMILES string of the molecule is C[C@H](NS(=O)(=O)c1ccc(F)cc1)C(=O)N1CCN(Cc2ccc3c(c2)OCO3)CC1. The number of hydrogen-bond acceptors (Lipinski definition) is 6. The predicted octanol–water partition coefficient (Wildman–Crippen LogP) is 1.57. The molecule has 0 radical (unpaired) electrons. The molecule has 0 aromatic heterocycles. The standard InChI is InChI=1S/C21H24FN3O5S/c1-15(23-31(27,28)18-5-3-17(22)4-6-18)21(26)25-10-8-24(9-11-25)13-16-2-7-19-20(12-16)30-14-29-19/h2-7,12,15,23H,8-11,13-14H2,1H3/t15-/m0/s1. The maximum absolute atomic E-state index is 13.0. The molecule has 0 saturated carbocycles. The average molecular weight is 450 g/mol. The second-order valence-corrected chi connectivity index (χ2v) is 9.30. The molecule has 10 heteroatoms. The first kappa shape index (κ1) is 21.5. The summed E-state index contributed by atoms with van der Waals surface area (Å²) in [7, 11) is -3.91. The molecule has 0 bridgehead atoms. The average Bonchev–Trinajstić information content (AvgIpc) is 3.22. The number of halogens is 1. The zero-order valence-electron chi connectivity index (χ0n) is 17.1. The Hall–Kier alpha value is -2.69. The zero-order valence-corrected chi connectivity index (χ0v) is 17.9. The lowest BCUT2D eigenvalue weighted by Crippen LogP contribution is -2.53. The number of benzene rings is 2. The van der Waals surface area contributed by atoms with E-state index in [0.29, 0.717) is 26.2 Å². The molecule has 1 amide bonds. The quantitative estimate of drug-likeness (QED) is 0.720. The molecule has 4 rings (SSSR count). The number of amides is 1. The maximum atomic E-state index is 13.0. The molecule has 1 atom stereocenters. The normalized spacial score (nSPS) is 17.5. The fourth-order valence-corrected chi connectivity index (χ4v) is 4.86. The monoisotopic (exact) mass is 449 g/mol. The van der Waals surface area contributed by atoms with Crippen LogP contribution in [0.5, 0.6) is 11.5 Å². The van der Waals surface area contributed by atoms with Gasteiger partial charge in [-0.3, -0.25) is 9.69 Å². The van der Waals surface area contributed by atoms with Gasteiger partial charge >= 0.3 is 0 Å². The van der Waals surface area contributed by atoms with Crippen LogP contribution in [0.25, 0.3) is 0 Å². The molecule has 1 saturated heterocycles. The van der Waals surface area contributed by atoms with Crippen LogP contribution in [0.15, 0.2) is 47.4 Å². The van der Waals surface area contributed by atoms with E-state index < -0.39 is 21.9 Å². The van der Waals surface area contributed by atoms with Crippen molar-refractivity contribution in [2.24, 2.45) is 0 Å². The third-order valence-electron chi connectivity index (χ3n) is 5.35. The summed E-state index contributed by atoms with van der Waals surface area (Å²) in [4.78, 5) is 16.6. The Bertz CT molecular complexity index is 1050. The van der Waals surface area contributed by atoms with Gasteiger partial charge < -0.3 is 14.4 Å². The summed E-state index contributed by atoms with van der Waals surface area (Å²) >= 11 is 0. The summed E-state index contributed by atoms with van der Waals surface area (Å²) in [5.41, 5.74) is 1.10. The minimum Gasteiger partial charge on any atom is -0.454 e. The number of rotatable bonds is 6. The molecule has 8 nitrogen and oxygen atoms in total. The van der Waals surface area contributed by atoms with Crippen molar-refractivity contribution in [3.8, 4) is 11.5 Å².